The molecular formula is C14H12F2N2O2. The molecule has 1 amide bonds. The Labute approximate surface area is 114 Å². The van der Waals surface area contributed by atoms with Crippen molar-refractivity contribution in [2.24, 2.45) is 0 Å². The first kappa shape index (κ1) is 13.9. The molecule has 1 N–H and O–H groups in total. The molecule has 0 bridgehead atoms. The molecule has 0 aliphatic carbocycles. The monoisotopic (exact) mass is 278 g/mol. The van der Waals surface area contributed by atoms with Crippen LogP contribution in [0.4, 0.5) is 8.78 Å². The minimum absolute atomic E-state index is 0.103. The van der Waals surface area contributed by atoms with Gasteiger partial charge in [-0.15, -0.1) is 0 Å². The second-order valence-corrected chi connectivity index (χ2v) is 3.96. The van der Waals surface area contributed by atoms with Gasteiger partial charge < -0.3 is 10.1 Å². The first-order chi connectivity index (χ1) is 9.63. The summed E-state index contributed by atoms with van der Waals surface area (Å²) in [5.41, 5.74) is 0.299. The van der Waals surface area contributed by atoms with Crippen molar-refractivity contribution in [2.75, 3.05) is 7.11 Å². The van der Waals surface area contributed by atoms with E-state index in [1.165, 1.54) is 19.2 Å². The maximum atomic E-state index is 13.5. The van der Waals surface area contributed by atoms with Gasteiger partial charge in [0.25, 0.3) is 5.91 Å². The molecule has 1 aromatic carbocycles. The maximum Gasteiger partial charge on any atom is 0.254 e. The average Bonchev–Trinajstić information content (AvgIpc) is 2.48. The van der Waals surface area contributed by atoms with E-state index in [4.69, 9.17) is 4.74 Å². The Hall–Kier alpha value is -2.50. The molecule has 0 saturated carbocycles. The number of carbonyl (C=O) groups excluding carboxylic acids is 1. The first-order valence-corrected chi connectivity index (χ1v) is 5.83. The largest absolute Gasteiger partial charge is 0.481 e. The van der Waals surface area contributed by atoms with Crippen LogP contribution in [0.2, 0.25) is 0 Å². The smallest absolute Gasteiger partial charge is 0.254 e. The molecule has 6 heteroatoms. The number of nitrogens with zero attached hydrogens (tertiary/aromatic N) is 1. The summed E-state index contributed by atoms with van der Waals surface area (Å²) in [4.78, 5) is 15.8. The summed E-state index contributed by atoms with van der Waals surface area (Å²) in [5, 5.41) is 2.49. The molecule has 0 saturated heterocycles. The Morgan fingerprint density at radius 2 is 2.10 bits per heavy atom. The number of ether oxygens (including phenoxy) is 1. The molecular weight excluding hydrogens is 266 g/mol. The van der Waals surface area contributed by atoms with Crippen LogP contribution in [0.25, 0.3) is 0 Å². The minimum atomic E-state index is -1.16. The van der Waals surface area contributed by atoms with Crippen LogP contribution in [0, 0.1) is 11.6 Å². The van der Waals surface area contributed by atoms with Crippen LogP contribution < -0.4 is 10.1 Å². The summed E-state index contributed by atoms with van der Waals surface area (Å²) < 4.78 is 31.5. The number of rotatable bonds is 4. The van der Waals surface area contributed by atoms with E-state index in [-0.39, 0.29) is 12.1 Å². The van der Waals surface area contributed by atoms with E-state index in [0.29, 0.717) is 11.4 Å². The lowest BCUT2D eigenvalue weighted by Gasteiger charge is -2.09. The van der Waals surface area contributed by atoms with Crippen LogP contribution in [-0.4, -0.2) is 18.0 Å². The zero-order chi connectivity index (χ0) is 14.5. The normalized spacial score (nSPS) is 10.2. The quantitative estimate of drug-likeness (QED) is 0.933. The fraction of sp³-hybridized carbons (Fsp3) is 0.143. The third-order valence-electron chi connectivity index (χ3n) is 2.68. The fourth-order valence-corrected chi connectivity index (χ4v) is 1.69. The van der Waals surface area contributed by atoms with Crippen molar-refractivity contribution in [3.05, 3.63) is 59.3 Å². The third kappa shape index (κ3) is 2.90. The second kappa shape index (κ2) is 6.10. The standard InChI is InChI=1S/C14H12F2N2O2/c1-20-14-9(4-3-7-17-14)8-18-13(19)10-5-2-6-11(15)12(10)16/h2-7H,8H2,1H3,(H,18,19). The number of halogens is 2. The number of benzene rings is 1. The molecule has 0 radical (unpaired) electrons. The van der Waals surface area contributed by atoms with Gasteiger partial charge in [-0.1, -0.05) is 12.1 Å². The zero-order valence-electron chi connectivity index (χ0n) is 10.7. The Kier molecular flexibility index (Phi) is 4.24. The second-order valence-electron chi connectivity index (χ2n) is 3.96. The summed E-state index contributed by atoms with van der Waals surface area (Å²) in [6.45, 7) is 0.103. The maximum absolute atomic E-state index is 13.5. The number of amides is 1. The highest BCUT2D eigenvalue weighted by Gasteiger charge is 2.15. The summed E-state index contributed by atoms with van der Waals surface area (Å²) >= 11 is 0. The van der Waals surface area contributed by atoms with Crippen LogP contribution in [0.15, 0.2) is 36.5 Å². The molecule has 0 fully saturated rings. The number of hydrogen-bond acceptors (Lipinski definition) is 3. The number of nitrogens with one attached hydrogen (secondary N) is 1. The summed E-state index contributed by atoms with van der Waals surface area (Å²) in [7, 11) is 1.46. The molecule has 0 aliphatic heterocycles. The Balaban J connectivity index is 2.11. The van der Waals surface area contributed by atoms with E-state index >= 15 is 0 Å². The number of methoxy groups -OCH3 is 1. The molecule has 4 nitrogen and oxygen atoms in total. The van der Waals surface area contributed by atoms with Gasteiger partial charge in [0.15, 0.2) is 11.6 Å². The van der Waals surface area contributed by atoms with Crippen molar-refractivity contribution in [3.63, 3.8) is 0 Å². The lowest BCUT2D eigenvalue weighted by atomic mass is 10.2. The van der Waals surface area contributed by atoms with Gasteiger partial charge in [0.2, 0.25) is 5.88 Å². The summed E-state index contributed by atoms with van der Waals surface area (Å²) in [6.07, 6.45) is 1.55. The van der Waals surface area contributed by atoms with Crippen LogP contribution in [0.1, 0.15) is 15.9 Å². The van der Waals surface area contributed by atoms with E-state index in [1.807, 2.05) is 0 Å². The number of carbonyl (C=O) groups is 1. The van der Waals surface area contributed by atoms with Gasteiger partial charge in [-0.05, 0) is 18.2 Å². The highest BCUT2D eigenvalue weighted by Crippen LogP contribution is 2.14. The van der Waals surface area contributed by atoms with Gasteiger partial charge in [0, 0.05) is 18.3 Å². The van der Waals surface area contributed by atoms with E-state index in [9.17, 15) is 13.6 Å². The van der Waals surface area contributed by atoms with Crippen molar-refractivity contribution in [2.45, 2.75) is 6.54 Å². The van der Waals surface area contributed by atoms with Crippen LogP contribution in [-0.2, 0) is 6.54 Å². The van der Waals surface area contributed by atoms with Crippen LogP contribution in [0.3, 0.4) is 0 Å². The predicted octanol–water partition coefficient (Wildman–Crippen LogP) is 2.30. The van der Waals surface area contributed by atoms with Gasteiger partial charge in [0.1, 0.15) is 0 Å². The lowest BCUT2D eigenvalue weighted by molar-refractivity contribution is 0.0945. The Morgan fingerprint density at radius 3 is 2.85 bits per heavy atom. The molecule has 20 heavy (non-hydrogen) atoms. The Bertz CT molecular complexity index is 632. The van der Waals surface area contributed by atoms with Gasteiger partial charge in [0.05, 0.1) is 12.7 Å². The van der Waals surface area contributed by atoms with Crippen molar-refractivity contribution < 1.29 is 18.3 Å². The molecule has 104 valence electrons. The molecule has 0 spiro atoms. The van der Waals surface area contributed by atoms with Gasteiger partial charge in [-0.25, -0.2) is 13.8 Å². The summed E-state index contributed by atoms with van der Waals surface area (Å²) in [5.74, 6) is -2.56. The summed E-state index contributed by atoms with van der Waals surface area (Å²) in [6, 6.07) is 6.85. The fourth-order valence-electron chi connectivity index (χ4n) is 1.69. The zero-order valence-corrected chi connectivity index (χ0v) is 10.7. The number of pyridine rings is 1. The Morgan fingerprint density at radius 1 is 1.30 bits per heavy atom. The highest BCUT2D eigenvalue weighted by molar-refractivity contribution is 5.94. The van der Waals surface area contributed by atoms with Crippen molar-refractivity contribution >= 4 is 5.91 Å². The molecule has 2 rings (SSSR count). The minimum Gasteiger partial charge on any atom is -0.481 e. The van der Waals surface area contributed by atoms with E-state index in [0.717, 1.165) is 6.07 Å². The molecule has 0 atom stereocenters. The van der Waals surface area contributed by atoms with E-state index in [1.54, 1.807) is 18.3 Å². The molecule has 0 unspecified atom stereocenters. The van der Waals surface area contributed by atoms with Crippen molar-refractivity contribution in [1.29, 1.82) is 0 Å². The third-order valence-corrected chi connectivity index (χ3v) is 2.68. The molecule has 2 aromatic rings. The van der Waals surface area contributed by atoms with Crippen LogP contribution >= 0.6 is 0 Å². The van der Waals surface area contributed by atoms with Gasteiger partial charge in [-0.3, -0.25) is 4.79 Å². The SMILES string of the molecule is COc1ncccc1CNC(=O)c1cccc(F)c1F. The van der Waals surface area contributed by atoms with Crippen molar-refractivity contribution in [3.8, 4) is 5.88 Å². The lowest BCUT2D eigenvalue weighted by Crippen LogP contribution is -2.24. The predicted molar refractivity (Wildman–Crippen MR) is 68.3 cm³/mol. The number of aromatic nitrogens is 1. The van der Waals surface area contributed by atoms with E-state index < -0.39 is 17.5 Å². The van der Waals surface area contributed by atoms with Gasteiger partial charge in [-0.2, -0.15) is 0 Å². The van der Waals surface area contributed by atoms with Crippen molar-refractivity contribution in [1.82, 2.24) is 10.3 Å². The van der Waals surface area contributed by atoms with Crippen LogP contribution in [0.5, 0.6) is 5.88 Å². The molecule has 0 aliphatic rings. The number of hydrogen-bond donors (Lipinski definition) is 1. The van der Waals surface area contributed by atoms with E-state index in [2.05, 4.69) is 10.3 Å². The molecule has 1 aromatic heterocycles. The van der Waals surface area contributed by atoms with Gasteiger partial charge >= 0.3 is 0 Å². The molecule has 1 heterocycles. The first-order valence-electron chi connectivity index (χ1n) is 5.83. The topological polar surface area (TPSA) is 51.2 Å². The average molecular weight is 278 g/mol. The highest BCUT2D eigenvalue weighted by atomic mass is 19.2.